The van der Waals surface area contributed by atoms with Crippen molar-refractivity contribution < 1.29 is 34.7 Å². The van der Waals surface area contributed by atoms with Crippen molar-refractivity contribution in [3.63, 3.8) is 0 Å². The first-order valence-corrected chi connectivity index (χ1v) is 8.78. The topological polar surface area (TPSA) is 219 Å². The van der Waals surface area contributed by atoms with E-state index in [2.05, 4.69) is 10.1 Å². The van der Waals surface area contributed by atoms with Gasteiger partial charge in [-0.15, -0.1) is 4.70 Å². The zero-order chi connectivity index (χ0) is 21.9. The molecule has 0 saturated carbocycles. The van der Waals surface area contributed by atoms with Gasteiger partial charge in [-0.05, 0) is 19.0 Å². The molecule has 4 unspecified atom stereocenters. The summed E-state index contributed by atoms with van der Waals surface area (Å²) in [6, 6.07) is 0. The van der Waals surface area contributed by atoms with Crippen LogP contribution in [0.3, 0.4) is 0 Å². The van der Waals surface area contributed by atoms with Gasteiger partial charge in [-0.1, -0.05) is 0 Å². The molecule has 12 heteroatoms. The minimum absolute atomic E-state index is 0.00684. The number of nitrogens with two attached hydrogens (primary N) is 2. The standard InChI is InChI=1S/C16H30N6O6/c1-9(15(25)26)5-21-22(7-10(2)16(27)28)8-12(24)4-14(19)20-6-11(23)3-13(17)18/h9-12,23-24H,3-8H2,1-2H3,(H6-,17,18,19,20,25,26,27,28)/p+1. The SMILES string of the molecule is CC(CN=[N+](CC(O)CC(N)=NCC(O)CC(=N)N)CC(C)C(=O)O)C(=O)O. The highest BCUT2D eigenvalue weighted by molar-refractivity contribution is 5.81. The van der Waals surface area contributed by atoms with Crippen molar-refractivity contribution in [3.05, 3.63) is 0 Å². The Morgan fingerprint density at radius 2 is 1.54 bits per heavy atom. The number of azo groups is 2. The Balaban J connectivity index is 4.90. The number of nitrogens with one attached hydrogen (secondary N) is 1. The van der Waals surface area contributed by atoms with Crippen LogP contribution >= 0.6 is 0 Å². The normalized spacial score (nSPS) is 16.9. The molecule has 28 heavy (non-hydrogen) atoms. The van der Waals surface area contributed by atoms with Gasteiger partial charge >= 0.3 is 11.9 Å². The second kappa shape index (κ2) is 12.7. The van der Waals surface area contributed by atoms with Gasteiger partial charge in [-0.2, -0.15) is 0 Å². The van der Waals surface area contributed by atoms with Crippen LogP contribution in [0.25, 0.3) is 0 Å². The number of aliphatic carboxylic acids is 2. The molecular weight excluding hydrogens is 372 g/mol. The van der Waals surface area contributed by atoms with Gasteiger partial charge in [-0.25, -0.2) is 0 Å². The summed E-state index contributed by atoms with van der Waals surface area (Å²) in [7, 11) is 0. The number of carboxylic acid groups (broad SMARTS) is 2. The third kappa shape index (κ3) is 11.9. The number of carbonyl (C=O) groups is 2. The Labute approximate surface area is 163 Å². The number of aliphatic imine (C=N–C) groups is 1. The fourth-order valence-electron chi connectivity index (χ4n) is 2.06. The second-order valence-corrected chi connectivity index (χ2v) is 6.75. The highest BCUT2D eigenvalue weighted by atomic mass is 16.4. The highest BCUT2D eigenvalue weighted by Gasteiger charge is 2.24. The number of rotatable bonds is 14. The molecule has 0 aliphatic carbocycles. The molecule has 0 aromatic carbocycles. The lowest BCUT2D eigenvalue weighted by Gasteiger charge is -2.11. The first-order chi connectivity index (χ1) is 12.9. The van der Waals surface area contributed by atoms with Crippen molar-refractivity contribution in [3.8, 4) is 0 Å². The van der Waals surface area contributed by atoms with Gasteiger partial charge in [-0.3, -0.25) is 20.0 Å². The maximum Gasteiger partial charge on any atom is 0.312 e. The summed E-state index contributed by atoms with van der Waals surface area (Å²) in [5.74, 6) is -3.71. The Morgan fingerprint density at radius 1 is 0.964 bits per heavy atom. The largest absolute Gasteiger partial charge is 0.481 e. The second-order valence-electron chi connectivity index (χ2n) is 6.75. The lowest BCUT2D eigenvalue weighted by Crippen LogP contribution is -2.33. The van der Waals surface area contributed by atoms with Crippen LogP contribution < -0.4 is 11.5 Å². The summed E-state index contributed by atoms with van der Waals surface area (Å²) in [4.78, 5) is 25.9. The van der Waals surface area contributed by atoms with Gasteiger partial charge in [0.15, 0.2) is 13.1 Å². The molecule has 4 atom stereocenters. The quantitative estimate of drug-likeness (QED) is 0.0796. The zero-order valence-corrected chi connectivity index (χ0v) is 16.2. The van der Waals surface area contributed by atoms with Crippen LogP contribution in [-0.4, -0.2) is 87.1 Å². The highest BCUT2D eigenvalue weighted by Crippen LogP contribution is 2.03. The summed E-state index contributed by atoms with van der Waals surface area (Å²) in [5.41, 5.74) is 10.9. The van der Waals surface area contributed by atoms with E-state index in [0.717, 1.165) is 0 Å². The predicted octanol–water partition coefficient (Wildman–Crippen LogP) is -1.31. The first kappa shape index (κ1) is 25.4. The van der Waals surface area contributed by atoms with Crippen molar-refractivity contribution in [2.75, 3.05) is 26.2 Å². The zero-order valence-electron chi connectivity index (χ0n) is 16.2. The lowest BCUT2D eigenvalue weighted by atomic mass is 10.1. The molecule has 0 amide bonds. The van der Waals surface area contributed by atoms with Crippen LogP contribution in [0, 0.1) is 17.2 Å². The predicted molar refractivity (Wildman–Crippen MR) is 101 cm³/mol. The van der Waals surface area contributed by atoms with E-state index in [1.54, 1.807) is 0 Å². The van der Waals surface area contributed by atoms with Crippen molar-refractivity contribution in [1.29, 1.82) is 5.41 Å². The van der Waals surface area contributed by atoms with Crippen LogP contribution in [0.5, 0.6) is 0 Å². The molecule has 12 nitrogen and oxygen atoms in total. The molecule has 0 spiro atoms. The van der Waals surface area contributed by atoms with E-state index in [1.807, 2.05) is 0 Å². The van der Waals surface area contributed by atoms with E-state index < -0.39 is 36.0 Å². The summed E-state index contributed by atoms with van der Waals surface area (Å²) < 4.78 is 1.32. The van der Waals surface area contributed by atoms with Gasteiger partial charge in [0.2, 0.25) is 0 Å². The molecule has 0 aromatic heterocycles. The third-order valence-corrected chi connectivity index (χ3v) is 3.71. The molecule has 0 aliphatic heterocycles. The van der Waals surface area contributed by atoms with E-state index in [1.165, 1.54) is 18.5 Å². The number of nitrogens with zero attached hydrogens (tertiary/aromatic N) is 3. The average molecular weight is 403 g/mol. The molecule has 0 radical (unpaired) electrons. The average Bonchev–Trinajstić information content (AvgIpc) is 2.56. The molecule has 0 fully saturated rings. The van der Waals surface area contributed by atoms with Gasteiger partial charge in [0.25, 0.3) is 0 Å². The number of aliphatic hydroxyl groups excluding tert-OH is 2. The van der Waals surface area contributed by atoms with Crippen LogP contribution in [0.15, 0.2) is 10.1 Å². The summed E-state index contributed by atoms with van der Waals surface area (Å²) in [6.07, 6.45) is -2.07. The summed E-state index contributed by atoms with van der Waals surface area (Å²) in [6.45, 7) is 2.75. The maximum atomic E-state index is 11.1. The fraction of sp³-hybridized carbons (Fsp3) is 0.750. The summed E-state index contributed by atoms with van der Waals surface area (Å²) >= 11 is 0. The molecule has 0 bridgehead atoms. The molecule has 0 aliphatic rings. The van der Waals surface area contributed by atoms with Gasteiger partial charge in [0, 0.05) is 12.8 Å². The number of carboxylic acids is 2. The van der Waals surface area contributed by atoms with Gasteiger partial charge in [0.05, 0.1) is 30.2 Å². The molecule has 0 saturated heterocycles. The Hall–Kier alpha value is -2.60. The monoisotopic (exact) mass is 403 g/mol. The minimum Gasteiger partial charge on any atom is -0.481 e. The number of hydrogen-bond acceptors (Lipinski definition) is 7. The van der Waals surface area contributed by atoms with Crippen molar-refractivity contribution in [2.24, 2.45) is 33.4 Å². The Bertz CT molecular complexity index is 608. The van der Waals surface area contributed by atoms with Crippen LogP contribution in [0.2, 0.25) is 0 Å². The van der Waals surface area contributed by atoms with Gasteiger partial charge in [0.1, 0.15) is 18.6 Å². The maximum absolute atomic E-state index is 11.1. The number of hydrogen-bond donors (Lipinski definition) is 7. The van der Waals surface area contributed by atoms with Crippen molar-refractivity contribution in [1.82, 2.24) is 0 Å². The molecular formula is C16H31N6O6+. The van der Waals surface area contributed by atoms with E-state index in [-0.39, 0.29) is 50.7 Å². The van der Waals surface area contributed by atoms with E-state index in [9.17, 15) is 19.8 Å². The van der Waals surface area contributed by atoms with E-state index >= 15 is 0 Å². The Kier molecular flexibility index (Phi) is 11.5. The number of amidine groups is 2. The van der Waals surface area contributed by atoms with E-state index in [0.29, 0.717) is 0 Å². The van der Waals surface area contributed by atoms with Crippen LogP contribution in [0.1, 0.15) is 26.7 Å². The minimum atomic E-state index is -1.04. The fourth-order valence-corrected chi connectivity index (χ4v) is 2.06. The first-order valence-electron chi connectivity index (χ1n) is 8.78. The molecule has 160 valence electrons. The third-order valence-electron chi connectivity index (χ3n) is 3.71. The molecule has 0 rings (SSSR count). The Morgan fingerprint density at radius 3 is 2.04 bits per heavy atom. The summed E-state index contributed by atoms with van der Waals surface area (Å²) in [5, 5.41) is 48.9. The number of aliphatic hydroxyl groups is 2. The molecule has 0 aromatic rings. The van der Waals surface area contributed by atoms with Crippen LogP contribution in [0.4, 0.5) is 0 Å². The molecule has 0 heterocycles. The van der Waals surface area contributed by atoms with Gasteiger partial charge < -0.3 is 31.9 Å². The van der Waals surface area contributed by atoms with Crippen molar-refractivity contribution >= 4 is 23.6 Å². The smallest absolute Gasteiger partial charge is 0.312 e. The van der Waals surface area contributed by atoms with E-state index in [4.69, 9.17) is 27.1 Å². The van der Waals surface area contributed by atoms with Crippen LogP contribution in [-0.2, 0) is 9.59 Å². The molecule has 9 N–H and O–H groups in total. The van der Waals surface area contributed by atoms with Crippen molar-refractivity contribution in [2.45, 2.75) is 38.9 Å². The lowest BCUT2D eigenvalue weighted by molar-refractivity contribution is -0.605.